The van der Waals surface area contributed by atoms with Crippen molar-refractivity contribution in [3.05, 3.63) is 45.2 Å². The molecule has 5 heteroatoms. The van der Waals surface area contributed by atoms with Crippen LogP contribution in [0.15, 0.2) is 18.2 Å². The number of nitrogens with zero attached hydrogens (tertiary/aromatic N) is 2. The molecule has 0 amide bonds. The van der Waals surface area contributed by atoms with Crippen LogP contribution in [0.25, 0.3) is 0 Å². The molecule has 0 aliphatic rings. The molecule has 0 fully saturated rings. The molecular formula is C13H12FN3S. The molecule has 1 aromatic carbocycles. The Morgan fingerprint density at radius 2 is 2.22 bits per heavy atom. The van der Waals surface area contributed by atoms with Crippen molar-refractivity contribution < 1.29 is 4.39 Å². The van der Waals surface area contributed by atoms with Gasteiger partial charge >= 0.3 is 0 Å². The Hall–Kier alpha value is -1.93. The highest BCUT2D eigenvalue weighted by atomic mass is 32.1. The average molecular weight is 261 g/mol. The van der Waals surface area contributed by atoms with Crippen LogP contribution in [0.3, 0.4) is 0 Å². The maximum absolute atomic E-state index is 13.1. The van der Waals surface area contributed by atoms with E-state index in [-0.39, 0.29) is 5.56 Å². The van der Waals surface area contributed by atoms with Crippen LogP contribution in [0.5, 0.6) is 0 Å². The minimum absolute atomic E-state index is 0.0477. The summed E-state index contributed by atoms with van der Waals surface area (Å²) in [6.45, 7) is 4.58. The summed E-state index contributed by atoms with van der Waals surface area (Å²) in [6, 6.07) is 6.23. The van der Waals surface area contributed by atoms with E-state index in [1.54, 1.807) is 17.4 Å². The van der Waals surface area contributed by atoms with Gasteiger partial charge in [0.05, 0.1) is 17.8 Å². The summed E-state index contributed by atoms with van der Waals surface area (Å²) in [5.74, 6) is -0.496. The zero-order chi connectivity index (χ0) is 13.1. The Labute approximate surface area is 109 Å². The summed E-state index contributed by atoms with van der Waals surface area (Å²) in [5.41, 5.74) is 1.80. The SMILES string of the molecule is Cc1nc(CNc2ccc(F)c(C#N)c2)sc1C. The lowest BCUT2D eigenvalue weighted by molar-refractivity contribution is 0.624. The number of benzene rings is 1. The van der Waals surface area contributed by atoms with Crippen molar-refractivity contribution in [3.8, 4) is 6.07 Å². The molecule has 2 rings (SSSR count). The first-order valence-corrected chi connectivity index (χ1v) is 6.28. The zero-order valence-electron chi connectivity index (χ0n) is 10.1. The van der Waals surface area contributed by atoms with Gasteiger partial charge in [-0.15, -0.1) is 11.3 Å². The van der Waals surface area contributed by atoms with E-state index in [2.05, 4.69) is 10.3 Å². The van der Waals surface area contributed by atoms with Crippen LogP contribution in [0.4, 0.5) is 10.1 Å². The molecule has 1 N–H and O–H groups in total. The number of rotatable bonds is 3. The molecule has 0 unspecified atom stereocenters. The van der Waals surface area contributed by atoms with Crippen molar-refractivity contribution >= 4 is 17.0 Å². The van der Waals surface area contributed by atoms with E-state index >= 15 is 0 Å². The minimum Gasteiger partial charge on any atom is -0.378 e. The monoisotopic (exact) mass is 261 g/mol. The predicted molar refractivity (Wildman–Crippen MR) is 70.0 cm³/mol. The largest absolute Gasteiger partial charge is 0.378 e. The number of halogens is 1. The summed E-state index contributed by atoms with van der Waals surface area (Å²) >= 11 is 1.63. The topological polar surface area (TPSA) is 48.7 Å². The molecular weight excluding hydrogens is 249 g/mol. The van der Waals surface area contributed by atoms with Crippen LogP contribution in [0, 0.1) is 31.0 Å². The number of aryl methyl sites for hydroxylation is 2. The zero-order valence-corrected chi connectivity index (χ0v) is 10.9. The van der Waals surface area contributed by atoms with Gasteiger partial charge in [0.15, 0.2) is 0 Å². The lowest BCUT2D eigenvalue weighted by Crippen LogP contribution is -1.99. The van der Waals surface area contributed by atoms with Gasteiger partial charge in [-0.05, 0) is 32.0 Å². The van der Waals surface area contributed by atoms with E-state index in [0.717, 1.165) is 16.4 Å². The molecule has 92 valence electrons. The number of hydrogen-bond donors (Lipinski definition) is 1. The van der Waals surface area contributed by atoms with Gasteiger partial charge in [-0.2, -0.15) is 5.26 Å². The van der Waals surface area contributed by atoms with E-state index in [4.69, 9.17) is 5.26 Å². The fourth-order valence-corrected chi connectivity index (χ4v) is 2.39. The van der Waals surface area contributed by atoms with Crippen molar-refractivity contribution in [1.82, 2.24) is 4.98 Å². The van der Waals surface area contributed by atoms with E-state index in [1.807, 2.05) is 19.9 Å². The number of hydrogen-bond acceptors (Lipinski definition) is 4. The molecule has 0 saturated carbocycles. The van der Waals surface area contributed by atoms with Gasteiger partial charge < -0.3 is 5.32 Å². The van der Waals surface area contributed by atoms with E-state index in [1.165, 1.54) is 17.0 Å². The van der Waals surface area contributed by atoms with Crippen LogP contribution in [0.1, 0.15) is 21.1 Å². The summed E-state index contributed by atoms with van der Waals surface area (Å²) in [4.78, 5) is 5.60. The standard InChI is InChI=1S/C13H12FN3S/c1-8-9(2)18-13(17-8)7-16-11-3-4-12(14)10(5-11)6-15/h3-5,16H,7H2,1-2H3. The summed E-state index contributed by atoms with van der Waals surface area (Å²) in [6.07, 6.45) is 0. The van der Waals surface area contributed by atoms with Gasteiger partial charge in [-0.25, -0.2) is 9.37 Å². The van der Waals surface area contributed by atoms with Crippen LogP contribution < -0.4 is 5.32 Å². The van der Waals surface area contributed by atoms with Crippen molar-refractivity contribution in [1.29, 1.82) is 5.26 Å². The fraction of sp³-hybridized carbons (Fsp3) is 0.231. The number of nitrogens with one attached hydrogen (secondary N) is 1. The normalized spacial score (nSPS) is 10.1. The van der Waals surface area contributed by atoms with E-state index in [0.29, 0.717) is 6.54 Å². The minimum atomic E-state index is -0.496. The molecule has 0 radical (unpaired) electrons. The molecule has 0 atom stereocenters. The third-order valence-corrected chi connectivity index (χ3v) is 3.68. The number of anilines is 1. The van der Waals surface area contributed by atoms with Crippen molar-refractivity contribution in [3.63, 3.8) is 0 Å². The summed E-state index contributed by atoms with van der Waals surface area (Å²) in [5, 5.41) is 12.9. The van der Waals surface area contributed by atoms with Gasteiger partial charge in [-0.3, -0.25) is 0 Å². The second-order valence-electron chi connectivity index (χ2n) is 3.91. The fourth-order valence-electron chi connectivity index (χ4n) is 1.51. The lowest BCUT2D eigenvalue weighted by Gasteiger charge is -2.04. The predicted octanol–water partition coefficient (Wildman–Crippen LogP) is 3.38. The Morgan fingerprint density at radius 1 is 1.44 bits per heavy atom. The van der Waals surface area contributed by atoms with Gasteiger partial charge in [0.2, 0.25) is 0 Å². The van der Waals surface area contributed by atoms with Crippen LogP contribution in [-0.2, 0) is 6.54 Å². The average Bonchev–Trinajstić information content (AvgIpc) is 2.68. The molecule has 1 aromatic heterocycles. The Morgan fingerprint density at radius 3 is 2.83 bits per heavy atom. The summed E-state index contributed by atoms with van der Waals surface area (Å²) < 4.78 is 13.1. The van der Waals surface area contributed by atoms with Gasteiger partial charge in [-0.1, -0.05) is 0 Å². The quantitative estimate of drug-likeness (QED) is 0.921. The molecule has 0 bridgehead atoms. The Kier molecular flexibility index (Phi) is 3.58. The Balaban J connectivity index is 2.09. The number of thiazole rings is 1. The van der Waals surface area contributed by atoms with Gasteiger partial charge in [0.1, 0.15) is 16.9 Å². The molecule has 2 aromatic rings. The maximum Gasteiger partial charge on any atom is 0.141 e. The van der Waals surface area contributed by atoms with Gasteiger partial charge in [0.25, 0.3) is 0 Å². The Bertz CT molecular complexity index is 594. The third-order valence-electron chi connectivity index (χ3n) is 2.60. The molecule has 0 aliphatic carbocycles. The van der Waals surface area contributed by atoms with Gasteiger partial charge in [0, 0.05) is 10.6 Å². The first-order valence-electron chi connectivity index (χ1n) is 5.46. The highest BCUT2D eigenvalue weighted by Gasteiger charge is 2.05. The number of aromatic nitrogens is 1. The number of nitriles is 1. The van der Waals surface area contributed by atoms with Crippen molar-refractivity contribution in [2.24, 2.45) is 0 Å². The van der Waals surface area contributed by atoms with E-state index < -0.39 is 5.82 Å². The van der Waals surface area contributed by atoms with Crippen LogP contribution in [0.2, 0.25) is 0 Å². The van der Waals surface area contributed by atoms with Crippen LogP contribution in [-0.4, -0.2) is 4.98 Å². The highest BCUT2D eigenvalue weighted by Crippen LogP contribution is 2.19. The molecule has 0 spiro atoms. The lowest BCUT2D eigenvalue weighted by atomic mass is 10.2. The third kappa shape index (κ3) is 2.66. The van der Waals surface area contributed by atoms with E-state index in [9.17, 15) is 4.39 Å². The molecule has 1 heterocycles. The highest BCUT2D eigenvalue weighted by molar-refractivity contribution is 7.11. The molecule has 18 heavy (non-hydrogen) atoms. The summed E-state index contributed by atoms with van der Waals surface area (Å²) in [7, 11) is 0. The molecule has 3 nitrogen and oxygen atoms in total. The second-order valence-corrected chi connectivity index (χ2v) is 5.20. The van der Waals surface area contributed by atoms with Crippen LogP contribution >= 0.6 is 11.3 Å². The van der Waals surface area contributed by atoms with Crippen molar-refractivity contribution in [2.75, 3.05) is 5.32 Å². The molecule has 0 aliphatic heterocycles. The first kappa shape index (κ1) is 12.5. The maximum atomic E-state index is 13.1. The first-order chi connectivity index (χ1) is 8.60. The second kappa shape index (κ2) is 5.15. The molecule has 0 saturated heterocycles. The smallest absolute Gasteiger partial charge is 0.141 e. The van der Waals surface area contributed by atoms with Crippen molar-refractivity contribution in [2.45, 2.75) is 20.4 Å².